The molecule has 1 saturated heterocycles. The topological polar surface area (TPSA) is 78.7 Å². The van der Waals surface area contributed by atoms with E-state index in [1.54, 1.807) is 29.0 Å². The number of rotatable bonds is 2. The van der Waals surface area contributed by atoms with Gasteiger partial charge < -0.3 is 14.9 Å². The van der Waals surface area contributed by atoms with Crippen LogP contribution >= 0.6 is 11.6 Å². The second kappa shape index (κ2) is 6.32. The number of hydrogen-bond donors (Lipinski definition) is 1. The second-order valence-corrected chi connectivity index (χ2v) is 7.27. The highest BCUT2D eigenvalue weighted by molar-refractivity contribution is 6.30. The van der Waals surface area contributed by atoms with Gasteiger partial charge in [-0.1, -0.05) is 11.6 Å². The number of carbonyl (C=O) groups excluding carboxylic acids is 1. The Hall–Kier alpha value is -2.54. The van der Waals surface area contributed by atoms with Gasteiger partial charge in [-0.2, -0.15) is 5.10 Å². The molecular weight excluding hydrogens is 356 g/mol. The lowest BCUT2D eigenvalue weighted by Gasteiger charge is -2.24. The van der Waals surface area contributed by atoms with E-state index in [4.69, 9.17) is 11.6 Å². The maximum atomic E-state index is 12.8. The molecule has 1 unspecified atom stereocenters. The van der Waals surface area contributed by atoms with Gasteiger partial charge in [0.05, 0.1) is 17.8 Å². The minimum absolute atomic E-state index is 0.0853. The molecule has 2 aliphatic heterocycles. The number of likely N-dealkylation sites (tertiary alicyclic amines) is 1. The number of carboxylic acid groups (broad SMARTS) is 1. The van der Waals surface area contributed by atoms with Gasteiger partial charge in [0.15, 0.2) is 0 Å². The Kier molecular flexibility index (Phi) is 4.11. The summed E-state index contributed by atoms with van der Waals surface area (Å²) in [5, 5.41) is 14.1. The third-order valence-electron chi connectivity index (χ3n) is 5.15. The second-order valence-electron chi connectivity index (χ2n) is 6.83. The van der Waals surface area contributed by atoms with Gasteiger partial charge in [0.1, 0.15) is 0 Å². The Balaban J connectivity index is 1.66. The number of aryl methyl sites for hydroxylation is 1. The lowest BCUT2D eigenvalue weighted by Crippen LogP contribution is -2.29. The molecule has 1 N–H and O–H groups in total. The highest BCUT2D eigenvalue weighted by Crippen LogP contribution is 2.39. The molecular formula is C18H19ClN4O3. The average molecular weight is 375 g/mol. The summed E-state index contributed by atoms with van der Waals surface area (Å²) in [5.74, 6) is -0.0853. The summed E-state index contributed by atoms with van der Waals surface area (Å²) in [6.07, 6.45) is 3.94. The fraction of sp³-hybridized carbons (Fsp3) is 0.389. The van der Waals surface area contributed by atoms with Gasteiger partial charge in [-0.3, -0.25) is 9.48 Å². The highest BCUT2D eigenvalue weighted by atomic mass is 35.5. The zero-order valence-corrected chi connectivity index (χ0v) is 15.1. The molecule has 1 aromatic heterocycles. The SMILES string of the molecule is Cn1cc(C(=O)N2Cc3cc(Cl)cc(C4CCCN4C(=O)O)c3C2)cn1. The number of nitrogens with zero attached hydrogens (tertiary/aromatic N) is 4. The average Bonchev–Trinajstić information content (AvgIpc) is 3.31. The van der Waals surface area contributed by atoms with Gasteiger partial charge in [0.2, 0.25) is 0 Å². The summed E-state index contributed by atoms with van der Waals surface area (Å²) in [6, 6.07) is 3.52. The van der Waals surface area contributed by atoms with Crippen LogP contribution in [0.1, 0.15) is 45.9 Å². The van der Waals surface area contributed by atoms with Gasteiger partial charge >= 0.3 is 6.09 Å². The summed E-state index contributed by atoms with van der Waals surface area (Å²) < 4.78 is 1.60. The molecule has 7 nitrogen and oxygen atoms in total. The van der Waals surface area contributed by atoms with Gasteiger partial charge in [0.25, 0.3) is 5.91 Å². The van der Waals surface area contributed by atoms with Crippen molar-refractivity contribution in [3.8, 4) is 0 Å². The molecule has 2 aliphatic rings. The van der Waals surface area contributed by atoms with Crippen LogP contribution < -0.4 is 0 Å². The van der Waals surface area contributed by atoms with Crippen LogP contribution in [-0.2, 0) is 20.1 Å². The van der Waals surface area contributed by atoms with Crippen molar-refractivity contribution in [3.63, 3.8) is 0 Å². The molecule has 1 atom stereocenters. The van der Waals surface area contributed by atoms with Crippen LogP contribution in [0.15, 0.2) is 24.5 Å². The van der Waals surface area contributed by atoms with Crippen LogP contribution in [0.4, 0.5) is 4.79 Å². The number of fused-ring (bicyclic) bond motifs is 1. The summed E-state index contributed by atoms with van der Waals surface area (Å²) in [6.45, 7) is 1.45. The van der Waals surface area contributed by atoms with Crippen molar-refractivity contribution in [1.29, 1.82) is 0 Å². The van der Waals surface area contributed by atoms with Gasteiger partial charge in [-0.25, -0.2) is 4.79 Å². The predicted octanol–water partition coefficient (Wildman–Crippen LogP) is 3.04. The Morgan fingerprint density at radius 3 is 2.81 bits per heavy atom. The molecule has 136 valence electrons. The van der Waals surface area contributed by atoms with E-state index in [0.717, 1.165) is 29.5 Å². The molecule has 0 spiro atoms. The molecule has 2 aromatic rings. The van der Waals surface area contributed by atoms with Gasteiger partial charge in [-0.05, 0) is 41.7 Å². The van der Waals surface area contributed by atoms with E-state index in [1.165, 1.54) is 4.90 Å². The van der Waals surface area contributed by atoms with E-state index in [0.29, 0.717) is 30.2 Å². The fourth-order valence-electron chi connectivity index (χ4n) is 3.98. The Bertz CT molecular complexity index is 895. The monoisotopic (exact) mass is 374 g/mol. The van der Waals surface area contributed by atoms with Crippen molar-refractivity contribution in [2.24, 2.45) is 7.05 Å². The molecule has 8 heteroatoms. The van der Waals surface area contributed by atoms with E-state index in [1.807, 2.05) is 12.1 Å². The van der Waals surface area contributed by atoms with Crippen LogP contribution in [0, 0.1) is 0 Å². The Morgan fingerprint density at radius 1 is 1.31 bits per heavy atom. The fourth-order valence-corrected chi connectivity index (χ4v) is 4.23. The number of halogens is 1. The first-order valence-electron chi connectivity index (χ1n) is 8.52. The largest absolute Gasteiger partial charge is 0.465 e. The number of carbonyl (C=O) groups is 2. The van der Waals surface area contributed by atoms with Crippen molar-refractivity contribution in [3.05, 3.63) is 51.8 Å². The van der Waals surface area contributed by atoms with Crippen molar-refractivity contribution in [1.82, 2.24) is 19.6 Å². The zero-order valence-electron chi connectivity index (χ0n) is 14.4. The van der Waals surface area contributed by atoms with E-state index in [2.05, 4.69) is 5.10 Å². The number of aromatic nitrogens is 2. The van der Waals surface area contributed by atoms with Crippen LogP contribution in [-0.4, -0.2) is 43.2 Å². The summed E-state index contributed by atoms with van der Waals surface area (Å²) in [5.41, 5.74) is 3.47. The summed E-state index contributed by atoms with van der Waals surface area (Å²) in [4.78, 5) is 27.5. The first kappa shape index (κ1) is 16.9. The van der Waals surface area contributed by atoms with Crippen molar-refractivity contribution >= 4 is 23.6 Å². The first-order chi connectivity index (χ1) is 12.4. The van der Waals surface area contributed by atoms with Crippen molar-refractivity contribution in [2.45, 2.75) is 32.0 Å². The van der Waals surface area contributed by atoms with Crippen LogP contribution in [0.5, 0.6) is 0 Å². The molecule has 4 rings (SSSR count). The minimum atomic E-state index is -0.914. The lowest BCUT2D eigenvalue weighted by atomic mass is 9.96. The van der Waals surface area contributed by atoms with Gasteiger partial charge in [-0.15, -0.1) is 0 Å². The maximum Gasteiger partial charge on any atom is 0.407 e. The molecule has 0 radical (unpaired) electrons. The third kappa shape index (κ3) is 2.82. The maximum absolute atomic E-state index is 12.8. The molecule has 1 fully saturated rings. The van der Waals surface area contributed by atoms with E-state index >= 15 is 0 Å². The molecule has 26 heavy (non-hydrogen) atoms. The van der Waals surface area contributed by atoms with Crippen molar-refractivity contribution < 1.29 is 14.7 Å². The molecule has 3 heterocycles. The lowest BCUT2D eigenvalue weighted by molar-refractivity contribution is 0.0750. The first-order valence-corrected chi connectivity index (χ1v) is 8.90. The number of amides is 2. The van der Waals surface area contributed by atoms with Crippen LogP contribution in [0.2, 0.25) is 5.02 Å². The summed E-state index contributed by atoms with van der Waals surface area (Å²) >= 11 is 6.30. The quantitative estimate of drug-likeness (QED) is 0.876. The van der Waals surface area contributed by atoms with Gasteiger partial charge in [0, 0.05) is 37.9 Å². The molecule has 0 saturated carbocycles. The Morgan fingerprint density at radius 2 is 2.12 bits per heavy atom. The number of hydrogen-bond acceptors (Lipinski definition) is 3. The molecule has 2 amide bonds. The van der Waals surface area contributed by atoms with Crippen molar-refractivity contribution in [2.75, 3.05) is 6.54 Å². The van der Waals surface area contributed by atoms with E-state index in [9.17, 15) is 14.7 Å². The normalized spacial score (nSPS) is 19.1. The zero-order chi connectivity index (χ0) is 18.4. The molecule has 1 aromatic carbocycles. The molecule has 0 bridgehead atoms. The highest BCUT2D eigenvalue weighted by Gasteiger charge is 2.35. The standard InChI is InChI=1S/C18H19ClN4O3/c1-21-8-12(7-20-21)17(24)22-9-11-5-13(19)6-14(15(11)10-22)16-3-2-4-23(16)18(25)26/h5-8,16H,2-4,9-10H2,1H3,(H,25,26). The smallest absolute Gasteiger partial charge is 0.407 e. The van der Waals surface area contributed by atoms with E-state index < -0.39 is 6.09 Å². The number of benzene rings is 1. The Labute approximate surface area is 155 Å². The van der Waals surface area contributed by atoms with E-state index in [-0.39, 0.29) is 11.9 Å². The molecule has 0 aliphatic carbocycles. The van der Waals surface area contributed by atoms with Crippen LogP contribution in [0.3, 0.4) is 0 Å². The third-order valence-corrected chi connectivity index (χ3v) is 5.37. The summed E-state index contributed by atoms with van der Waals surface area (Å²) in [7, 11) is 1.77. The minimum Gasteiger partial charge on any atom is -0.465 e. The van der Waals surface area contributed by atoms with Crippen LogP contribution in [0.25, 0.3) is 0 Å². The predicted molar refractivity (Wildman–Crippen MR) is 94.9 cm³/mol.